The Morgan fingerprint density at radius 3 is 3.25 bits per heavy atom. The summed E-state index contributed by atoms with van der Waals surface area (Å²) in [5, 5.41) is 11.0. The molecule has 7 heteroatoms. The Balaban J connectivity index is 1.97. The van der Waals surface area contributed by atoms with Gasteiger partial charge in [0, 0.05) is 11.8 Å². The average molecular weight is 236 g/mol. The summed E-state index contributed by atoms with van der Waals surface area (Å²) in [6.45, 7) is 0. The van der Waals surface area contributed by atoms with Crippen molar-refractivity contribution in [2.24, 2.45) is 0 Å². The van der Waals surface area contributed by atoms with E-state index in [1.807, 2.05) is 11.8 Å². The first-order valence-corrected chi connectivity index (χ1v) is 6.29. The van der Waals surface area contributed by atoms with Gasteiger partial charge in [0.25, 0.3) is 0 Å². The van der Waals surface area contributed by atoms with Crippen molar-refractivity contribution >= 4 is 34.6 Å². The lowest BCUT2D eigenvalue weighted by Crippen LogP contribution is -2.19. The van der Waals surface area contributed by atoms with Crippen LogP contribution < -0.4 is 11.1 Å². The minimum atomic E-state index is 0.268. The zero-order valence-electron chi connectivity index (χ0n) is 8.60. The molecule has 1 aliphatic heterocycles. The van der Waals surface area contributed by atoms with Gasteiger partial charge in [0.15, 0.2) is 5.65 Å². The van der Waals surface area contributed by atoms with Gasteiger partial charge in [-0.1, -0.05) is 0 Å². The summed E-state index contributed by atoms with van der Waals surface area (Å²) < 4.78 is 0. The highest BCUT2D eigenvalue weighted by Crippen LogP contribution is 2.24. The van der Waals surface area contributed by atoms with E-state index in [4.69, 9.17) is 5.73 Å². The number of nitrogens with one attached hydrogen (secondary N) is 2. The molecule has 84 valence electrons. The Morgan fingerprint density at radius 1 is 1.50 bits per heavy atom. The molecule has 2 aromatic heterocycles. The fourth-order valence-electron chi connectivity index (χ4n) is 1.80. The lowest BCUT2D eigenvalue weighted by atomic mass is 10.2. The van der Waals surface area contributed by atoms with Crippen molar-refractivity contribution in [3.8, 4) is 0 Å². The highest BCUT2D eigenvalue weighted by atomic mass is 32.2. The van der Waals surface area contributed by atoms with Crippen LogP contribution in [0.2, 0.25) is 0 Å². The van der Waals surface area contributed by atoms with Crippen molar-refractivity contribution in [1.29, 1.82) is 0 Å². The molecular formula is C9H12N6S. The highest BCUT2D eigenvalue weighted by Gasteiger charge is 2.17. The van der Waals surface area contributed by atoms with E-state index < -0.39 is 0 Å². The minimum absolute atomic E-state index is 0.268. The van der Waals surface area contributed by atoms with Gasteiger partial charge in [0.2, 0.25) is 5.95 Å². The summed E-state index contributed by atoms with van der Waals surface area (Å²) in [5.74, 6) is 3.37. The molecule has 0 saturated carbocycles. The Bertz CT molecular complexity index is 504. The number of anilines is 2. The predicted molar refractivity (Wildman–Crippen MR) is 65.4 cm³/mol. The summed E-state index contributed by atoms with van der Waals surface area (Å²) in [6, 6.07) is 0.470. The molecule has 1 atom stereocenters. The Labute approximate surface area is 96.4 Å². The van der Waals surface area contributed by atoms with Crippen molar-refractivity contribution in [2.75, 3.05) is 22.6 Å². The third kappa shape index (κ3) is 1.67. The van der Waals surface area contributed by atoms with E-state index in [0.717, 1.165) is 23.4 Å². The van der Waals surface area contributed by atoms with Gasteiger partial charge in [-0.05, 0) is 12.2 Å². The van der Waals surface area contributed by atoms with E-state index in [-0.39, 0.29) is 5.95 Å². The topological polar surface area (TPSA) is 92.5 Å². The molecule has 0 spiro atoms. The summed E-state index contributed by atoms with van der Waals surface area (Å²) in [4.78, 5) is 8.30. The molecule has 1 fully saturated rings. The number of nitrogens with zero attached hydrogens (tertiary/aromatic N) is 3. The predicted octanol–water partition coefficient (Wildman–Crippen LogP) is 0.852. The van der Waals surface area contributed by atoms with Crippen molar-refractivity contribution in [3.05, 3.63) is 6.20 Å². The van der Waals surface area contributed by atoms with Gasteiger partial charge in [-0.3, -0.25) is 5.10 Å². The molecule has 0 aliphatic carbocycles. The van der Waals surface area contributed by atoms with Crippen LogP contribution in [0.1, 0.15) is 6.42 Å². The van der Waals surface area contributed by atoms with Crippen LogP contribution in [-0.4, -0.2) is 37.7 Å². The van der Waals surface area contributed by atoms with Crippen molar-refractivity contribution < 1.29 is 0 Å². The van der Waals surface area contributed by atoms with Crippen molar-refractivity contribution in [3.63, 3.8) is 0 Å². The number of hydrogen-bond acceptors (Lipinski definition) is 6. The molecule has 1 saturated heterocycles. The third-order valence-electron chi connectivity index (χ3n) is 2.60. The highest BCUT2D eigenvalue weighted by molar-refractivity contribution is 7.99. The van der Waals surface area contributed by atoms with Gasteiger partial charge in [-0.25, -0.2) is 0 Å². The molecule has 0 unspecified atom stereocenters. The Morgan fingerprint density at radius 2 is 2.44 bits per heavy atom. The zero-order valence-corrected chi connectivity index (χ0v) is 9.42. The first kappa shape index (κ1) is 9.71. The van der Waals surface area contributed by atoms with E-state index in [2.05, 4.69) is 25.5 Å². The Kier molecular flexibility index (Phi) is 2.32. The van der Waals surface area contributed by atoms with Crippen LogP contribution in [0.15, 0.2) is 6.20 Å². The molecule has 0 bridgehead atoms. The number of fused-ring (bicyclic) bond motifs is 1. The molecule has 1 aliphatic rings. The van der Waals surface area contributed by atoms with Gasteiger partial charge >= 0.3 is 0 Å². The molecule has 0 aromatic carbocycles. The number of nitrogens with two attached hydrogens (primary N) is 1. The molecule has 16 heavy (non-hydrogen) atoms. The second-order valence-electron chi connectivity index (χ2n) is 3.77. The van der Waals surface area contributed by atoms with Crippen molar-refractivity contribution in [1.82, 2.24) is 20.2 Å². The van der Waals surface area contributed by atoms with Gasteiger partial charge < -0.3 is 11.1 Å². The van der Waals surface area contributed by atoms with Crippen LogP contribution in [-0.2, 0) is 0 Å². The lowest BCUT2D eigenvalue weighted by Gasteiger charge is -2.12. The standard InChI is InChI=1S/C9H12N6S/c10-9-13-7(12-5-1-2-16-4-5)6-3-11-15-8(6)14-9/h3,5H,1-2,4H2,(H4,10,11,12,13,14,15)/t5-/m0/s1. The summed E-state index contributed by atoms with van der Waals surface area (Å²) in [6.07, 6.45) is 2.88. The van der Waals surface area contributed by atoms with Crippen LogP contribution in [0.5, 0.6) is 0 Å². The lowest BCUT2D eigenvalue weighted by molar-refractivity contribution is 0.808. The largest absolute Gasteiger partial charge is 0.368 e. The summed E-state index contributed by atoms with van der Waals surface area (Å²) in [5.41, 5.74) is 6.32. The fourth-order valence-corrected chi connectivity index (χ4v) is 2.96. The quantitative estimate of drug-likeness (QED) is 0.716. The van der Waals surface area contributed by atoms with Gasteiger partial charge in [-0.2, -0.15) is 26.8 Å². The molecule has 2 aromatic rings. The SMILES string of the molecule is Nc1nc(N[C@H]2CCSC2)c2cn[nH]c2n1. The second kappa shape index (κ2) is 3.82. The normalized spacial score (nSPS) is 20.4. The molecule has 0 radical (unpaired) electrons. The number of nitrogen functional groups attached to an aromatic ring is 1. The van der Waals surface area contributed by atoms with E-state index in [1.54, 1.807) is 6.20 Å². The number of hydrogen-bond donors (Lipinski definition) is 3. The molecule has 0 amide bonds. The van der Waals surface area contributed by atoms with E-state index >= 15 is 0 Å². The Hall–Kier alpha value is -1.50. The molecular weight excluding hydrogens is 224 g/mol. The molecule has 6 nitrogen and oxygen atoms in total. The number of H-pyrrole nitrogens is 1. The third-order valence-corrected chi connectivity index (χ3v) is 3.76. The second-order valence-corrected chi connectivity index (χ2v) is 4.92. The maximum Gasteiger partial charge on any atom is 0.224 e. The van der Waals surface area contributed by atoms with E-state index in [9.17, 15) is 0 Å². The van der Waals surface area contributed by atoms with E-state index in [0.29, 0.717) is 11.7 Å². The monoisotopic (exact) mass is 236 g/mol. The van der Waals surface area contributed by atoms with Crippen molar-refractivity contribution in [2.45, 2.75) is 12.5 Å². The number of aromatic amines is 1. The van der Waals surface area contributed by atoms with Crippen LogP contribution >= 0.6 is 11.8 Å². The van der Waals surface area contributed by atoms with Crippen LogP contribution in [0, 0.1) is 0 Å². The van der Waals surface area contributed by atoms with Gasteiger partial charge in [0.05, 0.1) is 11.6 Å². The number of aromatic nitrogens is 4. The smallest absolute Gasteiger partial charge is 0.224 e. The fraction of sp³-hybridized carbons (Fsp3) is 0.444. The number of rotatable bonds is 2. The number of thioether (sulfide) groups is 1. The zero-order chi connectivity index (χ0) is 11.0. The van der Waals surface area contributed by atoms with Crippen LogP contribution in [0.25, 0.3) is 11.0 Å². The molecule has 4 N–H and O–H groups in total. The first-order chi connectivity index (χ1) is 7.83. The molecule has 3 heterocycles. The average Bonchev–Trinajstić information content (AvgIpc) is 2.87. The van der Waals surface area contributed by atoms with Gasteiger partial charge in [0.1, 0.15) is 5.82 Å². The van der Waals surface area contributed by atoms with Gasteiger partial charge in [-0.15, -0.1) is 0 Å². The van der Waals surface area contributed by atoms with Crippen LogP contribution in [0.4, 0.5) is 11.8 Å². The van der Waals surface area contributed by atoms with Crippen LogP contribution in [0.3, 0.4) is 0 Å². The minimum Gasteiger partial charge on any atom is -0.368 e. The summed E-state index contributed by atoms with van der Waals surface area (Å²) >= 11 is 1.95. The molecule has 3 rings (SSSR count). The maximum atomic E-state index is 5.64. The summed E-state index contributed by atoms with van der Waals surface area (Å²) in [7, 11) is 0. The maximum absolute atomic E-state index is 5.64. The van der Waals surface area contributed by atoms with E-state index in [1.165, 1.54) is 5.75 Å². The first-order valence-electron chi connectivity index (χ1n) is 5.14.